The third kappa shape index (κ3) is 6.32. The Morgan fingerprint density at radius 1 is 1.13 bits per heavy atom. The zero-order chi connectivity index (χ0) is 23.2. The van der Waals surface area contributed by atoms with Crippen LogP contribution in [0.3, 0.4) is 0 Å². The fourth-order valence-corrected chi connectivity index (χ4v) is 3.01. The molecule has 0 aliphatic rings. The molecule has 0 bridgehead atoms. The number of aryl methyl sites for hydroxylation is 1. The van der Waals surface area contributed by atoms with Gasteiger partial charge in [0.1, 0.15) is 11.4 Å². The summed E-state index contributed by atoms with van der Waals surface area (Å²) < 4.78 is 11.6. The van der Waals surface area contributed by atoms with Crippen molar-refractivity contribution < 1.29 is 14.3 Å². The van der Waals surface area contributed by atoms with Gasteiger partial charge in [-0.15, -0.1) is 0 Å². The van der Waals surface area contributed by atoms with Crippen molar-refractivity contribution in [1.29, 1.82) is 0 Å². The van der Waals surface area contributed by atoms with Crippen LogP contribution in [-0.4, -0.2) is 29.1 Å². The molecule has 7 heteroatoms. The van der Waals surface area contributed by atoms with Gasteiger partial charge in [-0.2, -0.15) is 0 Å². The minimum atomic E-state index is -0.457. The molecule has 2 rings (SSSR count). The van der Waals surface area contributed by atoms with Crippen LogP contribution in [0.15, 0.2) is 23.0 Å². The summed E-state index contributed by atoms with van der Waals surface area (Å²) in [4.78, 5) is 32.6. The van der Waals surface area contributed by atoms with Crippen LogP contribution < -0.4 is 20.3 Å². The first kappa shape index (κ1) is 24.4. The standard InChI is InChI=1S/C24H35N3O4/c1-8-12-30-18-11-10-17(14-19(18)31-13-9-2)15(3)25-21(28)20-16(4)26-23(24(5,6)7)27-22(20)29/h10-11,14-15H,8-9,12-13H2,1-7H3,(H,25,28)(H,26,27,29). The molecule has 1 aromatic heterocycles. The van der Waals surface area contributed by atoms with E-state index in [1.807, 2.05) is 59.7 Å². The lowest BCUT2D eigenvalue weighted by Gasteiger charge is -2.20. The Labute approximate surface area is 184 Å². The van der Waals surface area contributed by atoms with Crippen LogP contribution in [0.25, 0.3) is 0 Å². The molecule has 0 aliphatic heterocycles. The molecule has 0 saturated carbocycles. The van der Waals surface area contributed by atoms with Gasteiger partial charge in [-0.3, -0.25) is 9.59 Å². The van der Waals surface area contributed by atoms with Gasteiger partial charge in [-0.05, 0) is 44.4 Å². The van der Waals surface area contributed by atoms with Crippen molar-refractivity contribution >= 4 is 5.91 Å². The van der Waals surface area contributed by atoms with Gasteiger partial charge in [-0.25, -0.2) is 4.98 Å². The SMILES string of the molecule is CCCOc1ccc(C(C)NC(=O)c2c(C)nc(C(C)(C)C)[nH]c2=O)cc1OCCC. The number of rotatable bonds is 9. The predicted molar refractivity (Wildman–Crippen MR) is 122 cm³/mol. The third-order valence-corrected chi connectivity index (χ3v) is 4.78. The maximum atomic E-state index is 12.9. The number of nitrogens with zero attached hydrogens (tertiary/aromatic N) is 1. The lowest BCUT2D eigenvalue weighted by molar-refractivity contribution is 0.0937. The normalized spacial score (nSPS) is 12.4. The van der Waals surface area contributed by atoms with Gasteiger partial charge in [0.25, 0.3) is 11.5 Å². The van der Waals surface area contributed by atoms with Gasteiger partial charge >= 0.3 is 0 Å². The lowest BCUT2D eigenvalue weighted by Crippen LogP contribution is -2.35. The second-order valence-corrected chi connectivity index (χ2v) is 8.72. The fourth-order valence-electron chi connectivity index (χ4n) is 3.01. The van der Waals surface area contributed by atoms with Gasteiger partial charge < -0.3 is 19.8 Å². The Bertz CT molecular complexity index is 960. The van der Waals surface area contributed by atoms with Crippen LogP contribution in [0.4, 0.5) is 0 Å². The number of hydrogen-bond donors (Lipinski definition) is 2. The summed E-state index contributed by atoms with van der Waals surface area (Å²) >= 11 is 0. The minimum Gasteiger partial charge on any atom is -0.490 e. The number of amides is 1. The second-order valence-electron chi connectivity index (χ2n) is 8.72. The summed E-state index contributed by atoms with van der Waals surface area (Å²) in [5.41, 5.74) is 0.552. The van der Waals surface area contributed by atoms with Crippen molar-refractivity contribution in [2.75, 3.05) is 13.2 Å². The van der Waals surface area contributed by atoms with Gasteiger partial charge in [-0.1, -0.05) is 40.7 Å². The summed E-state index contributed by atoms with van der Waals surface area (Å²) in [5, 5.41) is 2.90. The number of benzene rings is 1. The number of carbonyl (C=O) groups is 1. The average Bonchev–Trinajstić information content (AvgIpc) is 2.69. The molecule has 2 N–H and O–H groups in total. The highest BCUT2D eigenvalue weighted by Crippen LogP contribution is 2.31. The Morgan fingerprint density at radius 3 is 2.29 bits per heavy atom. The number of nitrogens with one attached hydrogen (secondary N) is 2. The summed E-state index contributed by atoms with van der Waals surface area (Å²) in [5.74, 6) is 1.44. The molecule has 170 valence electrons. The van der Waals surface area contributed by atoms with E-state index >= 15 is 0 Å². The average molecular weight is 430 g/mol. The van der Waals surface area contributed by atoms with E-state index in [0.29, 0.717) is 36.2 Å². The predicted octanol–water partition coefficient (Wildman–Crippen LogP) is 4.44. The van der Waals surface area contributed by atoms with Gasteiger partial charge in [0.15, 0.2) is 11.5 Å². The number of aromatic amines is 1. The minimum absolute atomic E-state index is 0.0326. The van der Waals surface area contributed by atoms with Crippen LogP contribution in [0, 0.1) is 6.92 Å². The van der Waals surface area contributed by atoms with Crippen molar-refractivity contribution in [2.45, 2.75) is 72.8 Å². The van der Waals surface area contributed by atoms with Crippen molar-refractivity contribution in [1.82, 2.24) is 15.3 Å². The van der Waals surface area contributed by atoms with E-state index in [0.717, 1.165) is 18.4 Å². The number of ether oxygens (including phenoxy) is 2. The monoisotopic (exact) mass is 429 g/mol. The first-order valence-corrected chi connectivity index (χ1v) is 10.9. The number of hydrogen-bond acceptors (Lipinski definition) is 5. The van der Waals surface area contributed by atoms with E-state index in [-0.39, 0.29) is 17.0 Å². The molecule has 0 spiro atoms. The number of aromatic nitrogens is 2. The van der Waals surface area contributed by atoms with Crippen LogP contribution in [0.1, 0.15) is 87.9 Å². The van der Waals surface area contributed by atoms with Crippen molar-refractivity contribution in [3.05, 3.63) is 51.2 Å². The first-order valence-electron chi connectivity index (χ1n) is 10.9. The fraction of sp³-hybridized carbons (Fsp3) is 0.542. The Morgan fingerprint density at radius 2 is 1.74 bits per heavy atom. The summed E-state index contributed by atoms with van der Waals surface area (Å²) in [7, 11) is 0. The molecule has 0 aliphatic carbocycles. The molecule has 7 nitrogen and oxygen atoms in total. The molecule has 2 aromatic rings. The summed E-state index contributed by atoms with van der Waals surface area (Å²) in [6.45, 7) is 14.7. The van der Waals surface area contributed by atoms with Crippen molar-refractivity contribution in [2.24, 2.45) is 0 Å². The van der Waals surface area contributed by atoms with E-state index < -0.39 is 11.5 Å². The molecule has 0 fully saturated rings. The maximum Gasteiger partial charge on any atom is 0.264 e. The topological polar surface area (TPSA) is 93.3 Å². The number of H-pyrrole nitrogens is 1. The summed E-state index contributed by atoms with van der Waals surface area (Å²) in [6, 6.07) is 5.30. The molecule has 1 aromatic carbocycles. The summed E-state index contributed by atoms with van der Waals surface area (Å²) in [6.07, 6.45) is 1.78. The molecule has 31 heavy (non-hydrogen) atoms. The maximum absolute atomic E-state index is 12.9. The van der Waals surface area contributed by atoms with Crippen molar-refractivity contribution in [3.8, 4) is 11.5 Å². The zero-order valence-electron chi connectivity index (χ0n) is 19.7. The van der Waals surface area contributed by atoms with Crippen LogP contribution in [0.2, 0.25) is 0 Å². The van der Waals surface area contributed by atoms with Crippen LogP contribution in [-0.2, 0) is 5.41 Å². The quantitative estimate of drug-likeness (QED) is 0.614. The lowest BCUT2D eigenvalue weighted by atomic mass is 9.95. The van der Waals surface area contributed by atoms with E-state index in [2.05, 4.69) is 15.3 Å². The highest BCUT2D eigenvalue weighted by molar-refractivity contribution is 5.95. The largest absolute Gasteiger partial charge is 0.490 e. The molecule has 0 saturated heterocycles. The zero-order valence-corrected chi connectivity index (χ0v) is 19.7. The van der Waals surface area contributed by atoms with Crippen LogP contribution in [0.5, 0.6) is 11.5 Å². The molecular formula is C24H35N3O4. The highest BCUT2D eigenvalue weighted by Gasteiger charge is 2.23. The number of carbonyl (C=O) groups excluding carboxylic acids is 1. The van der Waals surface area contributed by atoms with Gasteiger partial charge in [0.05, 0.1) is 24.9 Å². The smallest absolute Gasteiger partial charge is 0.264 e. The Balaban J connectivity index is 2.25. The van der Waals surface area contributed by atoms with E-state index in [1.165, 1.54) is 0 Å². The molecule has 1 amide bonds. The first-order chi connectivity index (χ1) is 14.6. The van der Waals surface area contributed by atoms with Crippen molar-refractivity contribution in [3.63, 3.8) is 0 Å². The third-order valence-electron chi connectivity index (χ3n) is 4.78. The molecule has 0 radical (unpaired) electrons. The Kier molecular flexibility index (Phi) is 8.25. The highest BCUT2D eigenvalue weighted by atomic mass is 16.5. The van der Waals surface area contributed by atoms with E-state index in [1.54, 1.807) is 6.92 Å². The molecule has 1 heterocycles. The van der Waals surface area contributed by atoms with E-state index in [4.69, 9.17) is 9.47 Å². The van der Waals surface area contributed by atoms with Crippen LogP contribution >= 0.6 is 0 Å². The molecule has 1 atom stereocenters. The molecule has 1 unspecified atom stereocenters. The second kappa shape index (κ2) is 10.5. The Hall–Kier alpha value is -2.83. The molecular weight excluding hydrogens is 394 g/mol. The van der Waals surface area contributed by atoms with E-state index in [9.17, 15) is 9.59 Å². The van der Waals surface area contributed by atoms with Gasteiger partial charge in [0.2, 0.25) is 0 Å². The van der Waals surface area contributed by atoms with Gasteiger partial charge in [0, 0.05) is 5.41 Å².